The first-order valence-corrected chi connectivity index (χ1v) is 9.08. The molecule has 29 heavy (non-hydrogen) atoms. The quantitative estimate of drug-likeness (QED) is 0.650. The van der Waals surface area contributed by atoms with Crippen LogP contribution in [-0.2, 0) is 22.5 Å². The number of β-lactam (4-membered cyclic amide) rings is 1. The number of likely N-dealkylation sites (tertiary alicyclic amines) is 1. The fourth-order valence-electron chi connectivity index (χ4n) is 3.69. The summed E-state index contributed by atoms with van der Waals surface area (Å²) in [4.78, 5) is 25.7. The van der Waals surface area contributed by atoms with Crippen LogP contribution in [0.15, 0.2) is 48.5 Å². The number of nitrogens with zero attached hydrogens (tertiary/aromatic N) is 1. The molecule has 154 valence electrons. The number of carbonyl (C=O) groups is 2. The smallest absolute Gasteiger partial charge is 0.405 e. The summed E-state index contributed by atoms with van der Waals surface area (Å²) in [5.41, 5.74) is 5.65. The summed E-state index contributed by atoms with van der Waals surface area (Å²) < 4.78 is 15.7. The van der Waals surface area contributed by atoms with Gasteiger partial charge >= 0.3 is 6.09 Å². The SMILES string of the molecule is COc1ccc(CN2C(=O)[C@@H](OC(N)=O)[C@@]2(CO)Cc2ccccc2)c(OC)c1. The van der Waals surface area contributed by atoms with Gasteiger partial charge in [-0.2, -0.15) is 0 Å². The van der Waals surface area contributed by atoms with Crippen molar-refractivity contribution in [1.29, 1.82) is 0 Å². The van der Waals surface area contributed by atoms with Crippen molar-refractivity contribution >= 4 is 12.0 Å². The van der Waals surface area contributed by atoms with Gasteiger partial charge in [0.05, 0.1) is 27.4 Å². The number of aliphatic hydroxyl groups excluding tert-OH is 1. The number of amides is 2. The van der Waals surface area contributed by atoms with Crippen molar-refractivity contribution in [3.63, 3.8) is 0 Å². The van der Waals surface area contributed by atoms with E-state index in [1.165, 1.54) is 12.0 Å². The van der Waals surface area contributed by atoms with Crippen LogP contribution >= 0.6 is 0 Å². The third-order valence-electron chi connectivity index (χ3n) is 5.20. The summed E-state index contributed by atoms with van der Waals surface area (Å²) in [6, 6.07) is 14.6. The van der Waals surface area contributed by atoms with E-state index < -0.39 is 30.3 Å². The normalized spacial score (nSPS) is 20.7. The van der Waals surface area contributed by atoms with Crippen molar-refractivity contribution in [2.45, 2.75) is 24.6 Å². The summed E-state index contributed by atoms with van der Waals surface area (Å²) in [6.45, 7) is -0.234. The Morgan fingerprint density at radius 2 is 1.90 bits per heavy atom. The number of hydrogen-bond donors (Lipinski definition) is 2. The first-order chi connectivity index (χ1) is 13.9. The lowest BCUT2D eigenvalue weighted by molar-refractivity contribution is -0.193. The van der Waals surface area contributed by atoms with Gasteiger partial charge in [-0.1, -0.05) is 30.3 Å². The molecule has 0 aliphatic carbocycles. The number of nitrogens with two attached hydrogens (primary N) is 1. The number of benzene rings is 2. The Hall–Kier alpha value is -3.26. The molecule has 1 saturated heterocycles. The van der Waals surface area contributed by atoms with Crippen LogP contribution in [0.25, 0.3) is 0 Å². The highest BCUT2D eigenvalue weighted by atomic mass is 16.6. The lowest BCUT2D eigenvalue weighted by Crippen LogP contribution is -2.77. The summed E-state index contributed by atoms with van der Waals surface area (Å²) in [5.74, 6) is 0.739. The first-order valence-electron chi connectivity index (χ1n) is 9.08. The lowest BCUT2D eigenvalue weighted by atomic mass is 9.76. The lowest BCUT2D eigenvalue weighted by Gasteiger charge is -2.55. The highest BCUT2D eigenvalue weighted by molar-refractivity contribution is 5.92. The van der Waals surface area contributed by atoms with Crippen molar-refractivity contribution in [1.82, 2.24) is 4.90 Å². The van der Waals surface area contributed by atoms with E-state index in [4.69, 9.17) is 19.9 Å². The van der Waals surface area contributed by atoms with Crippen molar-refractivity contribution < 1.29 is 28.9 Å². The van der Waals surface area contributed by atoms with Crippen LogP contribution in [0, 0.1) is 0 Å². The molecule has 0 bridgehead atoms. The molecule has 0 radical (unpaired) electrons. The molecule has 3 rings (SSSR count). The van der Waals surface area contributed by atoms with Gasteiger partial charge < -0.3 is 30.0 Å². The number of ether oxygens (including phenoxy) is 3. The van der Waals surface area contributed by atoms with Gasteiger partial charge in [0.15, 0.2) is 0 Å². The van der Waals surface area contributed by atoms with Gasteiger partial charge in [-0.3, -0.25) is 4.79 Å². The van der Waals surface area contributed by atoms with Crippen LogP contribution < -0.4 is 15.2 Å². The second kappa shape index (κ2) is 8.40. The number of carbonyl (C=O) groups excluding carboxylic acids is 2. The highest BCUT2D eigenvalue weighted by Gasteiger charge is 2.62. The molecule has 1 fully saturated rings. The van der Waals surface area contributed by atoms with Gasteiger partial charge in [0.25, 0.3) is 5.91 Å². The zero-order valence-electron chi connectivity index (χ0n) is 16.3. The zero-order valence-corrected chi connectivity index (χ0v) is 16.3. The number of methoxy groups -OCH3 is 2. The molecule has 1 heterocycles. The van der Waals surface area contributed by atoms with Crippen LogP contribution in [0.4, 0.5) is 4.79 Å². The van der Waals surface area contributed by atoms with Crippen molar-refractivity contribution in [3.05, 3.63) is 59.7 Å². The van der Waals surface area contributed by atoms with Crippen LogP contribution in [0.1, 0.15) is 11.1 Å². The van der Waals surface area contributed by atoms with Gasteiger partial charge in [0.2, 0.25) is 6.10 Å². The number of aliphatic hydroxyl groups is 1. The molecular weight excluding hydrogens is 376 g/mol. The second-order valence-corrected chi connectivity index (χ2v) is 6.84. The molecule has 8 heteroatoms. The average Bonchev–Trinajstić information content (AvgIpc) is 2.75. The van der Waals surface area contributed by atoms with E-state index in [2.05, 4.69) is 0 Å². The van der Waals surface area contributed by atoms with E-state index in [0.29, 0.717) is 17.9 Å². The van der Waals surface area contributed by atoms with E-state index in [1.54, 1.807) is 25.3 Å². The molecule has 0 saturated carbocycles. The molecular formula is C21H24N2O6. The molecule has 1 aliphatic rings. The Morgan fingerprint density at radius 1 is 1.17 bits per heavy atom. The van der Waals surface area contributed by atoms with E-state index in [-0.39, 0.29) is 6.54 Å². The summed E-state index contributed by atoms with van der Waals surface area (Å²) in [5, 5.41) is 10.3. The molecule has 2 aromatic rings. The molecule has 8 nitrogen and oxygen atoms in total. The molecule has 2 aromatic carbocycles. The standard InChI is InChI=1S/C21H24N2O6/c1-27-16-9-8-15(17(10-16)28-2)12-23-19(25)18(29-20(22)26)21(23,13-24)11-14-6-4-3-5-7-14/h3-10,18,24H,11-13H2,1-2H3,(H2,22,26)/t18-,21+/m1/s1. The molecule has 1 aliphatic heterocycles. The second-order valence-electron chi connectivity index (χ2n) is 6.84. The van der Waals surface area contributed by atoms with Crippen molar-refractivity contribution in [2.24, 2.45) is 5.73 Å². The Bertz CT molecular complexity index is 888. The number of primary amides is 1. The topological polar surface area (TPSA) is 111 Å². The van der Waals surface area contributed by atoms with Crippen LogP contribution in [0.5, 0.6) is 11.5 Å². The Kier molecular flexibility index (Phi) is 5.93. The van der Waals surface area contributed by atoms with Crippen LogP contribution in [-0.4, -0.2) is 54.5 Å². The number of hydrogen-bond acceptors (Lipinski definition) is 6. The fourth-order valence-corrected chi connectivity index (χ4v) is 3.69. The third-order valence-corrected chi connectivity index (χ3v) is 5.20. The minimum atomic E-state index is -1.16. The Balaban J connectivity index is 1.95. The van der Waals surface area contributed by atoms with Gasteiger partial charge in [0.1, 0.15) is 17.0 Å². The van der Waals surface area contributed by atoms with Crippen LogP contribution in [0.3, 0.4) is 0 Å². The van der Waals surface area contributed by atoms with E-state index in [0.717, 1.165) is 11.1 Å². The predicted octanol–water partition coefficient (Wildman–Crippen LogP) is 1.48. The maximum Gasteiger partial charge on any atom is 0.405 e. The zero-order chi connectivity index (χ0) is 21.0. The third kappa shape index (κ3) is 3.84. The van der Waals surface area contributed by atoms with Gasteiger partial charge in [0, 0.05) is 18.1 Å². The van der Waals surface area contributed by atoms with E-state index in [1.807, 2.05) is 30.3 Å². The maximum absolute atomic E-state index is 12.8. The summed E-state index contributed by atoms with van der Waals surface area (Å²) >= 11 is 0. The van der Waals surface area contributed by atoms with E-state index >= 15 is 0 Å². The summed E-state index contributed by atoms with van der Waals surface area (Å²) in [7, 11) is 3.08. The van der Waals surface area contributed by atoms with Gasteiger partial charge in [-0.25, -0.2) is 4.79 Å². The molecule has 3 N–H and O–H groups in total. The van der Waals surface area contributed by atoms with Gasteiger partial charge in [-0.15, -0.1) is 0 Å². The largest absolute Gasteiger partial charge is 0.497 e. The van der Waals surface area contributed by atoms with E-state index in [9.17, 15) is 14.7 Å². The van der Waals surface area contributed by atoms with Crippen molar-refractivity contribution in [2.75, 3.05) is 20.8 Å². The Morgan fingerprint density at radius 3 is 2.48 bits per heavy atom. The van der Waals surface area contributed by atoms with Crippen LogP contribution in [0.2, 0.25) is 0 Å². The molecule has 0 spiro atoms. The molecule has 0 aromatic heterocycles. The predicted molar refractivity (Wildman–Crippen MR) is 105 cm³/mol. The Labute approximate surface area is 168 Å². The average molecular weight is 400 g/mol. The molecule has 2 atom stereocenters. The molecule has 0 unspecified atom stereocenters. The van der Waals surface area contributed by atoms with Gasteiger partial charge in [-0.05, 0) is 17.7 Å². The summed E-state index contributed by atoms with van der Waals surface area (Å²) in [6.07, 6.45) is -1.92. The first kappa shape index (κ1) is 20.5. The fraction of sp³-hybridized carbons (Fsp3) is 0.333. The molecule has 2 amide bonds. The monoisotopic (exact) mass is 400 g/mol. The maximum atomic E-state index is 12.8. The minimum absolute atomic E-state index is 0.165. The highest BCUT2D eigenvalue weighted by Crippen LogP contribution is 2.40. The number of rotatable bonds is 8. The van der Waals surface area contributed by atoms with Crippen molar-refractivity contribution in [3.8, 4) is 11.5 Å². The minimum Gasteiger partial charge on any atom is -0.497 e.